The number of hydrogen-bond acceptors (Lipinski definition) is 6. The second-order valence-electron chi connectivity index (χ2n) is 5.96. The molecule has 0 saturated carbocycles. The van der Waals surface area contributed by atoms with Crippen molar-refractivity contribution < 1.29 is 13.7 Å². The number of ether oxygens (including phenoxy) is 1. The van der Waals surface area contributed by atoms with Crippen LogP contribution in [-0.2, 0) is 6.54 Å². The van der Waals surface area contributed by atoms with Gasteiger partial charge in [0, 0.05) is 5.56 Å². The maximum atomic E-state index is 13.1. The van der Waals surface area contributed by atoms with Crippen molar-refractivity contribution in [2.24, 2.45) is 0 Å². The first-order valence-electron chi connectivity index (χ1n) is 8.27. The van der Waals surface area contributed by atoms with Crippen molar-refractivity contribution in [3.63, 3.8) is 0 Å². The van der Waals surface area contributed by atoms with Crippen LogP contribution in [0.4, 0.5) is 4.39 Å². The first-order chi connectivity index (χ1) is 13.1. The van der Waals surface area contributed by atoms with Crippen LogP contribution in [0.25, 0.3) is 23.0 Å². The van der Waals surface area contributed by atoms with Crippen LogP contribution in [0, 0.1) is 12.7 Å². The molecular formula is C19H16FN5O2. The monoisotopic (exact) mass is 365 g/mol. The number of aromatic nitrogens is 5. The fourth-order valence-electron chi connectivity index (χ4n) is 2.67. The molecule has 0 N–H and O–H groups in total. The maximum absolute atomic E-state index is 13.1. The van der Waals surface area contributed by atoms with Crippen molar-refractivity contribution in [1.82, 2.24) is 25.1 Å². The molecule has 0 aliphatic heterocycles. The van der Waals surface area contributed by atoms with Gasteiger partial charge in [0.2, 0.25) is 5.82 Å². The molecule has 2 aromatic carbocycles. The van der Waals surface area contributed by atoms with Crippen molar-refractivity contribution in [3.05, 3.63) is 65.6 Å². The van der Waals surface area contributed by atoms with Crippen LogP contribution >= 0.6 is 0 Å². The molecule has 0 aliphatic carbocycles. The van der Waals surface area contributed by atoms with Crippen LogP contribution in [0.5, 0.6) is 5.75 Å². The van der Waals surface area contributed by atoms with Crippen LogP contribution in [0.15, 0.2) is 53.1 Å². The van der Waals surface area contributed by atoms with Gasteiger partial charge in [0.25, 0.3) is 5.89 Å². The van der Waals surface area contributed by atoms with Gasteiger partial charge in [-0.3, -0.25) is 0 Å². The summed E-state index contributed by atoms with van der Waals surface area (Å²) in [5, 5.41) is 12.3. The minimum Gasteiger partial charge on any atom is -0.497 e. The summed E-state index contributed by atoms with van der Waals surface area (Å²) in [7, 11) is 1.60. The van der Waals surface area contributed by atoms with E-state index in [-0.39, 0.29) is 5.82 Å². The predicted molar refractivity (Wildman–Crippen MR) is 95.5 cm³/mol. The number of rotatable bonds is 5. The van der Waals surface area contributed by atoms with Gasteiger partial charge in [-0.15, -0.1) is 5.10 Å². The molecule has 0 saturated heterocycles. The van der Waals surface area contributed by atoms with Gasteiger partial charge in [-0.05, 0) is 42.8 Å². The zero-order valence-corrected chi connectivity index (χ0v) is 14.8. The van der Waals surface area contributed by atoms with Crippen LogP contribution in [0.1, 0.15) is 11.3 Å². The van der Waals surface area contributed by atoms with E-state index >= 15 is 0 Å². The molecule has 0 amide bonds. The number of hydrogen-bond donors (Lipinski definition) is 0. The zero-order chi connectivity index (χ0) is 18.8. The third-order valence-corrected chi connectivity index (χ3v) is 4.18. The van der Waals surface area contributed by atoms with Gasteiger partial charge in [-0.25, -0.2) is 9.07 Å². The largest absolute Gasteiger partial charge is 0.497 e. The highest BCUT2D eigenvalue weighted by molar-refractivity contribution is 5.59. The Kier molecular flexibility index (Phi) is 4.37. The quantitative estimate of drug-likeness (QED) is 0.539. The lowest BCUT2D eigenvalue weighted by molar-refractivity contribution is 0.413. The van der Waals surface area contributed by atoms with Gasteiger partial charge in [-0.2, -0.15) is 4.98 Å². The highest BCUT2D eigenvalue weighted by atomic mass is 19.1. The van der Waals surface area contributed by atoms with Gasteiger partial charge in [-0.1, -0.05) is 28.6 Å². The first-order valence-corrected chi connectivity index (χ1v) is 8.27. The summed E-state index contributed by atoms with van der Waals surface area (Å²) in [5.41, 5.74) is 3.00. The number of methoxy groups -OCH3 is 1. The lowest BCUT2D eigenvalue weighted by Crippen LogP contribution is -2.04. The summed E-state index contributed by atoms with van der Waals surface area (Å²) in [6.45, 7) is 2.35. The lowest BCUT2D eigenvalue weighted by Gasteiger charge is -2.03. The van der Waals surface area contributed by atoms with E-state index < -0.39 is 0 Å². The highest BCUT2D eigenvalue weighted by Crippen LogP contribution is 2.25. The van der Waals surface area contributed by atoms with Gasteiger partial charge in [0.15, 0.2) is 5.69 Å². The molecule has 0 unspecified atom stereocenters. The molecule has 0 atom stereocenters. The molecule has 2 heterocycles. The van der Waals surface area contributed by atoms with E-state index in [1.807, 2.05) is 31.2 Å². The number of benzene rings is 2. The second-order valence-corrected chi connectivity index (χ2v) is 5.96. The molecule has 27 heavy (non-hydrogen) atoms. The van der Waals surface area contributed by atoms with E-state index in [0.29, 0.717) is 29.7 Å². The van der Waals surface area contributed by atoms with Crippen molar-refractivity contribution in [2.45, 2.75) is 13.5 Å². The van der Waals surface area contributed by atoms with Crippen molar-refractivity contribution in [1.29, 1.82) is 0 Å². The fourth-order valence-corrected chi connectivity index (χ4v) is 2.67. The van der Waals surface area contributed by atoms with Crippen molar-refractivity contribution in [3.8, 4) is 28.7 Å². The molecule has 7 nitrogen and oxygen atoms in total. The summed E-state index contributed by atoms with van der Waals surface area (Å²) in [4.78, 5) is 4.42. The van der Waals surface area contributed by atoms with Crippen molar-refractivity contribution >= 4 is 0 Å². The third-order valence-electron chi connectivity index (χ3n) is 4.18. The molecule has 8 heteroatoms. The average Bonchev–Trinajstić information content (AvgIpc) is 3.31. The summed E-state index contributed by atoms with van der Waals surface area (Å²) >= 11 is 0. The molecular weight excluding hydrogens is 349 g/mol. The summed E-state index contributed by atoms with van der Waals surface area (Å²) in [6, 6.07) is 13.6. The Morgan fingerprint density at radius 3 is 2.74 bits per heavy atom. The minimum atomic E-state index is -0.272. The average molecular weight is 365 g/mol. The molecule has 0 fully saturated rings. The van der Waals surface area contributed by atoms with Crippen molar-refractivity contribution in [2.75, 3.05) is 7.11 Å². The molecule has 0 aliphatic rings. The molecule has 4 aromatic rings. The van der Waals surface area contributed by atoms with E-state index in [4.69, 9.17) is 9.26 Å². The fraction of sp³-hybridized carbons (Fsp3) is 0.158. The molecule has 4 rings (SSSR count). The standard InChI is InChI=1S/C19H16FN5O2/c1-12-17(22-24-25(12)11-13-6-8-15(20)9-7-13)18-21-19(27-23-18)14-4-3-5-16(10-14)26-2/h3-10H,11H2,1-2H3. The molecule has 0 bridgehead atoms. The normalized spacial score (nSPS) is 10.9. The smallest absolute Gasteiger partial charge is 0.258 e. The van der Waals surface area contributed by atoms with E-state index in [1.54, 1.807) is 23.9 Å². The Hall–Kier alpha value is -3.55. The summed E-state index contributed by atoms with van der Waals surface area (Å²) < 4.78 is 25.3. The Balaban J connectivity index is 1.60. The predicted octanol–water partition coefficient (Wildman–Crippen LogP) is 3.50. The van der Waals surface area contributed by atoms with E-state index in [2.05, 4.69) is 20.5 Å². The third kappa shape index (κ3) is 3.41. The molecule has 136 valence electrons. The second kappa shape index (κ2) is 6.99. The van der Waals surface area contributed by atoms with E-state index in [1.165, 1.54) is 12.1 Å². The number of halogens is 1. The van der Waals surface area contributed by atoms with E-state index in [9.17, 15) is 4.39 Å². The van der Waals surface area contributed by atoms with Crippen LogP contribution in [-0.4, -0.2) is 32.2 Å². The van der Waals surface area contributed by atoms with Crippen LogP contribution in [0.3, 0.4) is 0 Å². The van der Waals surface area contributed by atoms with Gasteiger partial charge < -0.3 is 9.26 Å². The lowest BCUT2D eigenvalue weighted by atomic mass is 10.2. The summed E-state index contributed by atoms with van der Waals surface area (Å²) in [5.74, 6) is 1.16. The highest BCUT2D eigenvalue weighted by Gasteiger charge is 2.18. The van der Waals surface area contributed by atoms with Crippen LogP contribution < -0.4 is 4.74 Å². The van der Waals surface area contributed by atoms with E-state index in [0.717, 1.165) is 16.8 Å². The Morgan fingerprint density at radius 1 is 1.15 bits per heavy atom. The van der Waals surface area contributed by atoms with Gasteiger partial charge >= 0.3 is 0 Å². The molecule has 2 aromatic heterocycles. The maximum Gasteiger partial charge on any atom is 0.258 e. The minimum absolute atomic E-state index is 0.272. The van der Waals surface area contributed by atoms with Crippen LogP contribution in [0.2, 0.25) is 0 Å². The Morgan fingerprint density at radius 2 is 1.96 bits per heavy atom. The Labute approximate surface area is 154 Å². The zero-order valence-electron chi connectivity index (χ0n) is 14.8. The summed E-state index contributed by atoms with van der Waals surface area (Å²) in [6.07, 6.45) is 0. The molecule has 0 spiro atoms. The molecule has 0 radical (unpaired) electrons. The SMILES string of the molecule is COc1cccc(-c2nc(-c3nnn(Cc4ccc(F)cc4)c3C)no2)c1. The topological polar surface area (TPSA) is 78.9 Å². The van der Waals surface area contributed by atoms with Gasteiger partial charge in [0.1, 0.15) is 11.6 Å². The van der Waals surface area contributed by atoms with Gasteiger partial charge in [0.05, 0.1) is 19.3 Å². The Bertz CT molecular complexity index is 1070. The number of nitrogens with zero attached hydrogens (tertiary/aromatic N) is 5. The first kappa shape index (κ1) is 16.9.